The largest absolute Gasteiger partial charge is 0.453 e. The van der Waals surface area contributed by atoms with Crippen molar-refractivity contribution in [2.24, 2.45) is 5.92 Å². The van der Waals surface area contributed by atoms with E-state index in [0.717, 1.165) is 18.4 Å². The number of rotatable bonds is 2. The Morgan fingerprint density at radius 3 is 2.88 bits per heavy atom. The summed E-state index contributed by atoms with van der Waals surface area (Å²) in [5.41, 5.74) is 0.756. The van der Waals surface area contributed by atoms with Crippen LogP contribution >= 0.6 is 11.8 Å². The van der Waals surface area contributed by atoms with Crippen LogP contribution in [-0.4, -0.2) is 26.2 Å². The molecule has 3 aliphatic rings. The Morgan fingerprint density at radius 2 is 2.18 bits per heavy atom. The summed E-state index contributed by atoms with van der Waals surface area (Å²) in [5, 5.41) is 1.70. The average Bonchev–Trinajstić information content (AvgIpc) is 3.07. The quantitative estimate of drug-likeness (QED) is 0.715. The number of hydrogen-bond donors (Lipinski definition) is 0. The Labute approximate surface area is 104 Å². The van der Waals surface area contributed by atoms with E-state index in [-0.39, 0.29) is 17.6 Å². The van der Waals surface area contributed by atoms with Crippen molar-refractivity contribution < 1.29 is 17.9 Å². The zero-order chi connectivity index (χ0) is 12.0. The maximum Gasteiger partial charge on any atom is 0.309 e. The van der Waals surface area contributed by atoms with Crippen molar-refractivity contribution in [3.05, 3.63) is 21.3 Å². The van der Waals surface area contributed by atoms with Crippen LogP contribution in [0.3, 0.4) is 0 Å². The lowest BCUT2D eigenvalue weighted by Gasteiger charge is -2.19. The van der Waals surface area contributed by atoms with E-state index >= 15 is 0 Å². The summed E-state index contributed by atoms with van der Waals surface area (Å²) in [6, 6.07) is 0. The normalized spacial score (nSPS) is 30.2. The zero-order valence-corrected chi connectivity index (χ0v) is 10.7. The van der Waals surface area contributed by atoms with Crippen LogP contribution in [0.15, 0.2) is 21.3 Å². The van der Waals surface area contributed by atoms with E-state index in [1.165, 1.54) is 11.8 Å². The first-order chi connectivity index (χ1) is 8.08. The van der Waals surface area contributed by atoms with Gasteiger partial charge in [0.15, 0.2) is 9.84 Å². The number of ether oxygens (including phenoxy) is 1. The summed E-state index contributed by atoms with van der Waals surface area (Å²) >= 11 is 1.22. The molecule has 1 fully saturated rings. The van der Waals surface area contributed by atoms with E-state index in [0.29, 0.717) is 10.7 Å². The van der Waals surface area contributed by atoms with Crippen LogP contribution in [0, 0.1) is 5.92 Å². The lowest BCUT2D eigenvalue weighted by molar-refractivity contribution is -0.147. The van der Waals surface area contributed by atoms with Crippen molar-refractivity contribution >= 4 is 27.6 Å². The van der Waals surface area contributed by atoms with Gasteiger partial charge < -0.3 is 4.74 Å². The molecule has 0 aromatic carbocycles. The standard InChI is InChI=1S/C11H12O4S2/c12-10(7-1-2-7)15-9-3-5-16-11-8(9)4-6-17(11,13)14/h3,5,7,9H,1-2,4,6H2. The van der Waals surface area contributed by atoms with Crippen LogP contribution in [0.4, 0.5) is 0 Å². The van der Waals surface area contributed by atoms with Gasteiger partial charge in [0.1, 0.15) is 10.3 Å². The Kier molecular flexibility index (Phi) is 2.59. The molecule has 0 aromatic heterocycles. The molecule has 1 atom stereocenters. The van der Waals surface area contributed by atoms with Crippen molar-refractivity contribution in [3.63, 3.8) is 0 Å². The van der Waals surface area contributed by atoms with Gasteiger partial charge in [0.2, 0.25) is 0 Å². The topological polar surface area (TPSA) is 60.4 Å². The molecular weight excluding hydrogens is 260 g/mol. The smallest absolute Gasteiger partial charge is 0.309 e. The SMILES string of the molecule is O=C(OC1C=CSC2=C1CCS2(=O)=O)C1CC1. The molecule has 17 heavy (non-hydrogen) atoms. The fourth-order valence-electron chi connectivity index (χ4n) is 1.99. The van der Waals surface area contributed by atoms with Crippen LogP contribution < -0.4 is 0 Å². The molecule has 92 valence electrons. The summed E-state index contributed by atoms with van der Waals surface area (Å²) < 4.78 is 29.2. The first-order valence-corrected chi connectivity index (χ1v) is 8.11. The van der Waals surface area contributed by atoms with Gasteiger partial charge in [-0.2, -0.15) is 0 Å². The van der Waals surface area contributed by atoms with Gasteiger partial charge in [0.05, 0.1) is 11.7 Å². The molecule has 2 heterocycles. The molecular formula is C11H12O4S2. The van der Waals surface area contributed by atoms with Gasteiger partial charge in [0, 0.05) is 5.57 Å². The van der Waals surface area contributed by atoms with Gasteiger partial charge in [0.25, 0.3) is 0 Å². The number of thioether (sulfide) groups is 1. The van der Waals surface area contributed by atoms with E-state index < -0.39 is 15.9 Å². The van der Waals surface area contributed by atoms with Gasteiger partial charge in [-0.25, -0.2) is 8.42 Å². The van der Waals surface area contributed by atoms with E-state index in [1.54, 1.807) is 11.5 Å². The first-order valence-electron chi connectivity index (χ1n) is 5.57. The number of hydrogen-bond acceptors (Lipinski definition) is 5. The highest BCUT2D eigenvalue weighted by molar-refractivity contribution is 8.20. The van der Waals surface area contributed by atoms with Gasteiger partial charge in [-0.15, -0.1) is 0 Å². The van der Waals surface area contributed by atoms with E-state index in [4.69, 9.17) is 4.74 Å². The molecule has 0 spiro atoms. The second-order valence-corrected chi connectivity index (χ2v) is 7.68. The Morgan fingerprint density at radius 1 is 1.41 bits per heavy atom. The maximum atomic E-state index is 11.7. The maximum absolute atomic E-state index is 11.7. The second kappa shape index (κ2) is 3.88. The van der Waals surface area contributed by atoms with Crippen LogP contribution in [0.25, 0.3) is 0 Å². The van der Waals surface area contributed by atoms with Crippen molar-refractivity contribution in [1.82, 2.24) is 0 Å². The van der Waals surface area contributed by atoms with Crippen LogP contribution in [0.1, 0.15) is 19.3 Å². The fourth-order valence-corrected chi connectivity index (χ4v) is 4.99. The molecule has 0 amide bonds. The monoisotopic (exact) mass is 272 g/mol. The molecule has 0 aromatic rings. The van der Waals surface area contributed by atoms with Crippen LogP contribution in [0.2, 0.25) is 0 Å². The van der Waals surface area contributed by atoms with Crippen LogP contribution in [-0.2, 0) is 19.4 Å². The third kappa shape index (κ3) is 2.04. The van der Waals surface area contributed by atoms with Gasteiger partial charge in [-0.3, -0.25) is 4.79 Å². The third-order valence-corrected chi connectivity index (χ3v) is 6.50. The highest BCUT2D eigenvalue weighted by Gasteiger charge is 2.38. The molecule has 1 saturated carbocycles. The lowest BCUT2D eigenvalue weighted by atomic mass is 10.1. The van der Waals surface area contributed by atoms with Gasteiger partial charge in [-0.1, -0.05) is 11.8 Å². The number of esters is 1. The van der Waals surface area contributed by atoms with E-state index in [1.807, 2.05) is 0 Å². The summed E-state index contributed by atoms with van der Waals surface area (Å²) in [7, 11) is -3.12. The van der Waals surface area contributed by atoms with Crippen LogP contribution in [0.5, 0.6) is 0 Å². The molecule has 1 aliphatic carbocycles. The minimum absolute atomic E-state index is 0.0417. The summed E-state index contributed by atoms with van der Waals surface area (Å²) in [6.07, 6.45) is 3.58. The third-order valence-electron chi connectivity index (χ3n) is 3.11. The molecule has 0 radical (unpaired) electrons. The van der Waals surface area contributed by atoms with Crippen molar-refractivity contribution in [3.8, 4) is 0 Å². The summed E-state index contributed by atoms with van der Waals surface area (Å²) in [6.45, 7) is 0. The van der Waals surface area contributed by atoms with E-state index in [9.17, 15) is 13.2 Å². The first kappa shape index (κ1) is 11.3. The highest BCUT2D eigenvalue weighted by Crippen LogP contribution is 2.42. The van der Waals surface area contributed by atoms with E-state index in [2.05, 4.69) is 0 Å². The van der Waals surface area contributed by atoms with Gasteiger partial charge >= 0.3 is 5.97 Å². The van der Waals surface area contributed by atoms with Crippen molar-refractivity contribution in [2.45, 2.75) is 25.4 Å². The zero-order valence-electron chi connectivity index (χ0n) is 9.09. The predicted molar refractivity (Wildman–Crippen MR) is 64.8 cm³/mol. The fraction of sp³-hybridized carbons (Fsp3) is 0.545. The van der Waals surface area contributed by atoms with Crippen molar-refractivity contribution in [1.29, 1.82) is 0 Å². The number of sulfone groups is 1. The number of carbonyl (C=O) groups excluding carboxylic acids is 1. The molecule has 4 nitrogen and oxygen atoms in total. The molecule has 0 N–H and O–H groups in total. The summed E-state index contributed by atoms with van der Waals surface area (Å²) in [4.78, 5) is 11.6. The molecule has 0 bridgehead atoms. The summed E-state index contributed by atoms with van der Waals surface area (Å²) in [5.74, 6) is -0.00756. The minimum atomic E-state index is -3.12. The average molecular weight is 272 g/mol. The highest BCUT2D eigenvalue weighted by atomic mass is 32.3. The molecule has 2 aliphatic heterocycles. The minimum Gasteiger partial charge on any atom is -0.453 e. The molecule has 1 unspecified atom stereocenters. The Balaban J connectivity index is 1.83. The molecule has 0 saturated heterocycles. The lowest BCUT2D eigenvalue weighted by Crippen LogP contribution is -2.20. The Bertz CT molecular complexity index is 526. The second-order valence-electron chi connectivity index (χ2n) is 4.46. The Hall–Kier alpha value is -0.750. The molecule has 6 heteroatoms. The number of carbonyl (C=O) groups is 1. The van der Waals surface area contributed by atoms with Crippen molar-refractivity contribution in [2.75, 3.05) is 5.75 Å². The predicted octanol–water partition coefficient (Wildman–Crippen LogP) is 1.60. The molecule has 3 rings (SSSR count). The van der Waals surface area contributed by atoms with Gasteiger partial charge in [-0.05, 0) is 30.7 Å².